The number of methoxy groups -OCH3 is 1. The monoisotopic (exact) mass is 550 g/mol. The number of carbonyl (C=O) groups is 1. The van der Waals surface area contributed by atoms with Crippen LogP contribution in [0.2, 0.25) is 0 Å². The molecule has 1 amide bonds. The van der Waals surface area contributed by atoms with Crippen LogP contribution in [-0.2, 0) is 17.8 Å². The lowest BCUT2D eigenvalue weighted by molar-refractivity contribution is 0.187. The zero-order chi connectivity index (χ0) is 22.1. The van der Waals surface area contributed by atoms with Crippen LogP contribution in [0.15, 0.2) is 53.5 Å². The molecule has 8 nitrogen and oxygen atoms in total. The number of nitrogens with one attached hydrogen (secondary N) is 3. The van der Waals surface area contributed by atoms with E-state index < -0.39 is 6.09 Å². The summed E-state index contributed by atoms with van der Waals surface area (Å²) in [6.07, 6.45) is 0.475. The minimum atomic E-state index is -0.483. The molecule has 3 aromatic rings. The molecule has 9 heteroatoms. The molecule has 0 fully saturated rings. The second-order valence-corrected chi connectivity index (χ2v) is 7.09. The Labute approximate surface area is 205 Å². The molecule has 0 atom stereocenters. The van der Waals surface area contributed by atoms with E-state index in [-0.39, 0.29) is 24.0 Å². The Morgan fingerprint density at radius 2 is 1.88 bits per heavy atom. The van der Waals surface area contributed by atoms with Crippen molar-refractivity contribution < 1.29 is 9.53 Å². The number of hydrogen-bond acceptors (Lipinski definition) is 4. The molecule has 3 N–H and O–H groups in total. The van der Waals surface area contributed by atoms with Crippen LogP contribution in [0, 0.1) is 6.92 Å². The number of guanidine groups is 1. The molecule has 0 saturated heterocycles. The van der Waals surface area contributed by atoms with E-state index in [4.69, 9.17) is 0 Å². The summed E-state index contributed by atoms with van der Waals surface area (Å²) in [5.74, 6) is 1.82. The van der Waals surface area contributed by atoms with Crippen molar-refractivity contribution >= 4 is 52.8 Å². The highest BCUT2D eigenvalue weighted by molar-refractivity contribution is 14.0. The van der Waals surface area contributed by atoms with Gasteiger partial charge in [0.25, 0.3) is 0 Å². The number of para-hydroxylation sites is 2. The molecular weight excluding hydrogens is 519 g/mol. The van der Waals surface area contributed by atoms with Gasteiger partial charge in [-0.05, 0) is 50.1 Å². The van der Waals surface area contributed by atoms with Crippen LogP contribution in [0.25, 0.3) is 11.0 Å². The summed E-state index contributed by atoms with van der Waals surface area (Å²) in [6, 6.07) is 15.8. The highest BCUT2D eigenvalue weighted by atomic mass is 127. The van der Waals surface area contributed by atoms with Crippen molar-refractivity contribution in [1.82, 2.24) is 20.2 Å². The van der Waals surface area contributed by atoms with Crippen LogP contribution in [0.1, 0.15) is 24.7 Å². The van der Waals surface area contributed by atoms with E-state index in [2.05, 4.69) is 41.3 Å². The van der Waals surface area contributed by atoms with E-state index in [1.54, 1.807) is 0 Å². The number of aromatic nitrogens is 2. The minimum Gasteiger partial charge on any atom is -0.453 e. The van der Waals surface area contributed by atoms with Gasteiger partial charge in [0.15, 0.2) is 5.96 Å². The van der Waals surface area contributed by atoms with E-state index in [1.165, 1.54) is 12.6 Å². The Hall–Kier alpha value is -2.82. The van der Waals surface area contributed by atoms with Crippen molar-refractivity contribution in [3.8, 4) is 0 Å². The average molecular weight is 550 g/mol. The van der Waals surface area contributed by atoms with Gasteiger partial charge in [0.05, 0.1) is 24.7 Å². The van der Waals surface area contributed by atoms with Gasteiger partial charge >= 0.3 is 6.09 Å². The zero-order valence-electron chi connectivity index (χ0n) is 18.7. The van der Waals surface area contributed by atoms with Crippen LogP contribution in [0.4, 0.5) is 10.5 Å². The molecule has 0 aliphatic heterocycles. The van der Waals surface area contributed by atoms with Gasteiger partial charge in [-0.1, -0.05) is 24.3 Å². The quantitative estimate of drug-likeness (QED) is 0.169. The number of amides is 1. The summed E-state index contributed by atoms with van der Waals surface area (Å²) in [5.41, 5.74) is 3.95. The summed E-state index contributed by atoms with van der Waals surface area (Å²) in [4.78, 5) is 20.5. The first-order valence-electron chi connectivity index (χ1n) is 10.5. The van der Waals surface area contributed by atoms with Gasteiger partial charge in [-0.25, -0.2) is 14.8 Å². The number of halogens is 1. The highest BCUT2D eigenvalue weighted by Gasteiger charge is 2.06. The van der Waals surface area contributed by atoms with Crippen LogP contribution >= 0.6 is 24.0 Å². The van der Waals surface area contributed by atoms with Crippen LogP contribution in [-0.4, -0.2) is 41.8 Å². The van der Waals surface area contributed by atoms with Crippen LogP contribution in [0.5, 0.6) is 0 Å². The van der Waals surface area contributed by atoms with E-state index in [0.717, 1.165) is 48.9 Å². The normalized spacial score (nSPS) is 11.0. The van der Waals surface area contributed by atoms with Crippen molar-refractivity contribution in [1.29, 1.82) is 0 Å². The smallest absolute Gasteiger partial charge is 0.411 e. The fourth-order valence-electron chi connectivity index (χ4n) is 3.30. The van der Waals surface area contributed by atoms with Gasteiger partial charge in [-0.3, -0.25) is 5.32 Å². The molecule has 0 aliphatic carbocycles. The topological polar surface area (TPSA) is 92.6 Å². The average Bonchev–Trinajstić information content (AvgIpc) is 3.10. The third kappa shape index (κ3) is 7.11. The second-order valence-electron chi connectivity index (χ2n) is 7.09. The maximum atomic E-state index is 11.3. The number of rotatable bonds is 8. The molecule has 0 radical (unpaired) electrons. The first kappa shape index (κ1) is 25.4. The summed E-state index contributed by atoms with van der Waals surface area (Å²) in [6.45, 7) is 7.13. The first-order chi connectivity index (χ1) is 15.1. The molecule has 0 spiro atoms. The Bertz CT molecular complexity index is 1030. The van der Waals surface area contributed by atoms with Gasteiger partial charge in [0, 0.05) is 25.3 Å². The van der Waals surface area contributed by atoms with Crippen LogP contribution in [0.3, 0.4) is 0 Å². The number of anilines is 1. The van der Waals surface area contributed by atoms with Crippen molar-refractivity contribution in [3.05, 3.63) is 59.9 Å². The van der Waals surface area contributed by atoms with Gasteiger partial charge in [0.2, 0.25) is 0 Å². The number of nitrogens with zero attached hydrogens (tertiary/aromatic N) is 3. The number of ether oxygens (including phenoxy) is 1. The lowest BCUT2D eigenvalue weighted by atomic mass is 10.2. The molecule has 1 heterocycles. The van der Waals surface area contributed by atoms with Gasteiger partial charge < -0.3 is 19.9 Å². The minimum absolute atomic E-state index is 0. The lowest BCUT2D eigenvalue weighted by Gasteiger charge is -2.12. The molecule has 0 aliphatic rings. The molecule has 172 valence electrons. The maximum Gasteiger partial charge on any atom is 0.411 e. The highest BCUT2D eigenvalue weighted by Crippen LogP contribution is 2.15. The summed E-state index contributed by atoms with van der Waals surface area (Å²) in [5, 5.41) is 9.31. The molecule has 2 aromatic carbocycles. The van der Waals surface area contributed by atoms with Gasteiger partial charge in [-0.2, -0.15) is 0 Å². The Balaban J connectivity index is 0.00000363. The number of fused-ring (bicyclic) bond motifs is 1. The standard InChI is InChI=1S/C23H30N6O2.HI/c1-4-24-22(26-16-18-10-12-19(13-11-18)28-23(30)31-3)25-14-7-15-29-17(2)27-20-8-5-6-9-21(20)29;/h5-6,8-13H,4,7,14-16H2,1-3H3,(H,28,30)(H2,24,25,26);1H. The lowest BCUT2D eigenvalue weighted by Crippen LogP contribution is -2.38. The number of hydrogen-bond donors (Lipinski definition) is 3. The molecule has 0 bridgehead atoms. The molecule has 0 saturated carbocycles. The first-order valence-corrected chi connectivity index (χ1v) is 10.5. The Morgan fingerprint density at radius 3 is 2.59 bits per heavy atom. The predicted octanol–water partition coefficient (Wildman–Crippen LogP) is 4.29. The SMILES string of the molecule is CCNC(=NCc1ccc(NC(=O)OC)cc1)NCCCn1c(C)nc2ccccc21.I. The van der Waals surface area contributed by atoms with Gasteiger partial charge in [-0.15, -0.1) is 24.0 Å². The summed E-state index contributed by atoms with van der Waals surface area (Å²) >= 11 is 0. The van der Waals surface area contributed by atoms with Crippen LogP contribution < -0.4 is 16.0 Å². The molecular formula is C23H31IN6O2. The van der Waals surface area contributed by atoms with Crippen molar-refractivity contribution in [2.75, 3.05) is 25.5 Å². The summed E-state index contributed by atoms with van der Waals surface area (Å²) in [7, 11) is 1.34. The maximum absolute atomic E-state index is 11.3. The van der Waals surface area contributed by atoms with Crippen molar-refractivity contribution in [3.63, 3.8) is 0 Å². The molecule has 32 heavy (non-hydrogen) atoms. The second kappa shape index (κ2) is 12.9. The van der Waals surface area contributed by atoms with Crippen molar-refractivity contribution in [2.24, 2.45) is 4.99 Å². The van der Waals surface area contributed by atoms with Gasteiger partial charge in [0.1, 0.15) is 5.82 Å². The van der Waals surface area contributed by atoms with E-state index in [9.17, 15) is 4.79 Å². The van der Waals surface area contributed by atoms with E-state index in [0.29, 0.717) is 12.2 Å². The third-order valence-electron chi connectivity index (χ3n) is 4.85. The van der Waals surface area contributed by atoms with E-state index in [1.807, 2.05) is 56.3 Å². The number of aryl methyl sites for hydroxylation is 2. The number of carbonyl (C=O) groups excluding carboxylic acids is 1. The molecule has 3 rings (SSSR count). The number of aliphatic imine (C=N–C) groups is 1. The van der Waals surface area contributed by atoms with E-state index >= 15 is 0 Å². The number of imidazole rings is 1. The third-order valence-corrected chi connectivity index (χ3v) is 4.85. The molecule has 1 aromatic heterocycles. The zero-order valence-corrected chi connectivity index (χ0v) is 21.1. The Kier molecular flexibility index (Phi) is 10.3. The fourth-order valence-corrected chi connectivity index (χ4v) is 3.30. The predicted molar refractivity (Wildman–Crippen MR) is 140 cm³/mol. The Morgan fingerprint density at radius 1 is 1.12 bits per heavy atom. The largest absolute Gasteiger partial charge is 0.453 e. The fraction of sp³-hybridized carbons (Fsp3) is 0.348. The summed E-state index contributed by atoms with van der Waals surface area (Å²) < 4.78 is 6.85. The van der Waals surface area contributed by atoms with Crippen molar-refractivity contribution in [2.45, 2.75) is 33.4 Å². The molecule has 0 unspecified atom stereocenters. The number of benzene rings is 2.